The van der Waals surface area contributed by atoms with E-state index in [1.807, 2.05) is 0 Å². The highest BCUT2D eigenvalue weighted by Crippen LogP contribution is 2.36. The van der Waals surface area contributed by atoms with Crippen LogP contribution < -0.4 is 4.74 Å². The number of benzene rings is 1. The van der Waals surface area contributed by atoms with Gasteiger partial charge in [-0.25, -0.2) is 9.18 Å². The summed E-state index contributed by atoms with van der Waals surface area (Å²) < 4.78 is 19.6. The van der Waals surface area contributed by atoms with E-state index in [2.05, 4.69) is 4.98 Å². The molecular weight excluding hydrogens is 355 g/mol. The molecule has 0 aliphatic carbocycles. The number of methoxy groups -OCH3 is 1. The van der Waals surface area contributed by atoms with Crippen LogP contribution in [-0.2, 0) is 11.2 Å². The van der Waals surface area contributed by atoms with Crippen LogP contribution in [0.4, 0.5) is 9.18 Å². The minimum atomic E-state index is -1.12. The van der Waals surface area contributed by atoms with Gasteiger partial charge in [0.2, 0.25) is 0 Å². The summed E-state index contributed by atoms with van der Waals surface area (Å²) in [5.74, 6) is -0.863. The van der Waals surface area contributed by atoms with E-state index in [1.165, 1.54) is 13.3 Å². The third-order valence-electron chi connectivity index (χ3n) is 5.29. The van der Waals surface area contributed by atoms with Gasteiger partial charge in [-0.2, -0.15) is 0 Å². The van der Waals surface area contributed by atoms with Gasteiger partial charge in [-0.3, -0.25) is 9.78 Å². The largest absolute Gasteiger partial charge is 0.497 e. The fourth-order valence-corrected chi connectivity index (χ4v) is 3.71. The summed E-state index contributed by atoms with van der Waals surface area (Å²) in [6.07, 6.45) is 1.35. The number of ether oxygens (including phenoxy) is 1. The van der Waals surface area contributed by atoms with Crippen LogP contribution >= 0.6 is 0 Å². The second-order valence-corrected chi connectivity index (χ2v) is 6.86. The SMILES string of the molecule is COc1ccc2ncc(F)c(CCCC3(C(=O)O)CCN(C(=O)O)C3)c2c1. The first-order valence-electron chi connectivity index (χ1n) is 8.69. The fraction of sp³-hybridized carbons (Fsp3) is 0.421. The summed E-state index contributed by atoms with van der Waals surface area (Å²) >= 11 is 0. The lowest BCUT2D eigenvalue weighted by Crippen LogP contribution is -2.36. The number of hydrogen-bond acceptors (Lipinski definition) is 4. The second kappa shape index (κ2) is 7.38. The number of carboxylic acid groups (broad SMARTS) is 2. The van der Waals surface area contributed by atoms with E-state index in [9.17, 15) is 19.1 Å². The maximum Gasteiger partial charge on any atom is 0.407 e. The zero-order chi connectivity index (χ0) is 19.6. The Morgan fingerprint density at radius 2 is 2.15 bits per heavy atom. The van der Waals surface area contributed by atoms with Crippen molar-refractivity contribution in [2.75, 3.05) is 20.2 Å². The molecule has 1 saturated heterocycles. The normalized spacial score (nSPS) is 19.4. The fourth-order valence-electron chi connectivity index (χ4n) is 3.71. The number of pyridine rings is 1. The van der Waals surface area contributed by atoms with Crippen molar-refractivity contribution >= 4 is 23.0 Å². The van der Waals surface area contributed by atoms with Crippen LogP contribution in [-0.4, -0.2) is 52.4 Å². The Morgan fingerprint density at radius 1 is 1.37 bits per heavy atom. The van der Waals surface area contributed by atoms with Gasteiger partial charge in [0.1, 0.15) is 11.6 Å². The van der Waals surface area contributed by atoms with E-state index in [-0.39, 0.29) is 25.9 Å². The number of hydrogen-bond donors (Lipinski definition) is 2. The van der Waals surface area contributed by atoms with Gasteiger partial charge in [0.15, 0.2) is 0 Å². The number of aromatic nitrogens is 1. The van der Waals surface area contributed by atoms with Crippen LogP contribution in [0.1, 0.15) is 24.8 Å². The molecule has 1 fully saturated rings. The number of halogens is 1. The molecular formula is C19H21FN2O5. The van der Waals surface area contributed by atoms with Crippen molar-refractivity contribution in [1.29, 1.82) is 0 Å². The summed E-state index contributed by atoms with van der Waals surface area (Å²) in [4.78, 5) is 28.1. The molecule has 1 aromatic heterocycles. The van der Waals surface area contributed by atoms with Crippen LogP contribution in [0.3, 0.4) is 0 Å². The quantitative estimate of drug-likeness (QED) is 0.803. The van der Waals surface area contributed by atoms with Crippen molar-refractivity contribution in [3.8, 4) is 5.75 Å². The van der Waals surface area contributed by atoms with Crippen molar-refractivity contribution in [3.63, 3.8) is 0 Å². The molecule has 8 heteroatoms. The predicted molar refractivity (Wildman–Crippen MR) is 95.5 cm³/mol. The molecule has 2 N–H and O–H groups in total. The van der Waals surface area contributed by atoms with Gasteiger partial charge >= 0.3 is 12.1 Å². The highest BCUT2D eigenvalue weighted by Gasteiger charge is 2.45. The molecule has 1 unspecified atom stereocenters. The molecule has 2 heterocycles. The van der Waals surface area contributed by atoms with Crippen LogP contribution in [0.15, 0.2) is 24.4 Å². The number of aliphatic carboxylic acids is 1. The number of aryl methyl sites for hydroxylation is 1. The molecule has 1 aliphatic heterocycles. The second-order valence-electron chi connectivity index (χ2n) is 6.86. The van der Waals surface area contributed by atoms with E-state index < -0.39 is 23.3 Å². The van der Waals surface area contributed by atoms with Crippen molar-refractivity contribution in [1.82, 2.24) is 9.88 Å². The first-order valence-corrected chi connectivity index (χ1v) is 8.69. The summed E-state index contributed by atoms with van der Waals surface area (Å²) in [7, 11) is 1.53. The topological polar surface area (TPSA) is 100.0 Å². The number of amides is 1. The molecule has 0 saturated carbocycles. The standard InChI is InChI=1S/C19H21FN2O5/c1-27-12-4-5-16-14(9-12)13(15(20)10-21-16)3-2-6-19(17(23)24)7-8-22(11-19)18(25)26/h4-5,9-10H,2-3,6-8,11H2,1H3,(H,23,24)(H,25,26). The van der Waals surface area contributed by atoms with Crippen LogP contribution in [0.2, 0.25) is 0 Å². The molecule has 2 aromatic rings. The van der Waals surface area contributed by atoms with Gasteiger partial charge in [-0.1, -0.05) is 0 Å². The number of nitrogens with zero attached hydrogens (tertiary/aromatic N) is 2. The Bertz CT molecular complexity index is 888. The van der Waals surface area contributed by atoms with Crippen molar-refractivity contribution in [2.45, 2.75) is 25.7 Å². The van der Waals surface area contributed by atoms with Gasteiger partial charge in [-0.15, -0.1) is 0 Å². The van der Waals surface area contributed by atoms with Crippen LogP contribution in [0, 0.1) is 11.2 Å². The van der Waals surface area contributed by atoms with Crippen LogP contribution in [0.5, 0.6) is 5.75 Å². The molecule has 7 nitrogen and oxygen atoms in total. The van der Waals surface area contributed by atoms with E-state index in [1.54, 1.807) is 18.2 Å². The Kier molecular flexibility index (Phi) is 5.16. The summed E-state index contributed by atoms with van der Waals surface area (Å²) in [6.45, 7) is 0.163. The first kappa shape index (κ1) is 18.9. The predicted octanol–water partition coefficient (Wildman–Crippen LogP) is 3.16. The molecule has 0 bridgehead atoms. The van der Waals surface area contributed by atoms with E-state index in [0.29, 0.717) is 35.1 Å². The molecule has 1 aliphatic rings. The van der Waals surface area contributed by atoms with Crippen molar-refractivity contribution in [3.05, 3.63) is 35.8 Å². The number of carboxylic acids is 1. The summed E-state index contributed by atoms with van der Waals surface area (Å²) in [5, 5.41) is 19.4. The van der Waals surface area contributed by atoms with Gasteiger partial charge in [0.05, 0.1) is 24.2 Å². The monoisotopic (exact) mass is 376 g/mol. The molecule has 0 radical (unpaired) electrons. The smallest absolute Gasteiger partial charge is 0.407 e. The number of rotatable bonds is 6. The van der Waals surface area contributed by atoms with Crippen molar-refractivity contribution in [2.24, 2.45) is 5.41 Å². The average molecular weight is 376 g/mol. The van der Waals surface area contributed by atoms with Crippen LogP contribution in [0.25, 0.3) is 10.9 Å². The molecule has 3 rings (SSSR count). The third kappa shape index (κ3) is 3.65. The Balaban J connectivity index is 1.79. The molecule has 1 amide bonds. The van der Waals surface area contributed by atoms with E-state index >= 15 is 0 Å². The Morgan fingerprint density at radius 3 is 2.78 bits per heavy atom. The highest BCUT2D eigenvalue weighted by atomic mass is 19.1. The lowest BCUT2D eigenvalue weighted by molar-refractivity contribution is -0.148. The third-order valence-corrected chi connectivity index (χ3v) is 5.29. The number of carbonyl (C=O) groups is 2. The molecule has 1 aromatic carbocycles. The number of fused-ring (bicyclic) bond motifs is 1. The zero-order valence-corrected chi connectivity index (χ0v) is 14.9. The Hall–Kier alpha value is -2.90. The Labute approximate surface area is 155 Å². The first-order chi connectivity index (χ1) is 12.9. The zero-order valence-electron chi connectivity index (χ0n) is 14.9. The van der Waals surface area contributed by atoms with Crippen molar-refractivity contribution < 1.29 is 28.9 Å². The lowest BCUT2D eigenvalue weighted by atomic mass is 9.81. The molecule has 0 spiro atoms. The highest BCUT2D eigenvalue weighted by molar-refractivity contribution is 5.83. The minimum absolute atomic E-state index is 0.0366. The summed E-state index contributed by atoms with van der Waals surface area (Å²) in [5.41, 5.74) is -0.0133. The molecule has 1 atom stereocenters. The van der Waals surface area contributed by atoms with E-state index in [0.717, 1.165) is 4.90 Å². The minimum Gasteiger partial charge on any atom is -0.497 e. The van der Waals surface area contributed by atoms with Gasteiger partial charge in [0, 0.05) is 18.5 Å². The summed E-state index contributed by atoms with van der Waals surface area (Å²) in [6, 6.07) is 5.21. The average Bonchev–Trinajstić information content (AvgIpc) is 3.09. The van der Waals surface area contributed by atoms with Gasteiger partial charge < -0.3 is 19.8 Å². The molecule has 144 valence electrons. The van der Waals surface area contributed by atoms with Gasteiger partial charge in [-0.05, 0) is 49.4 Å². The lowest BCUT2D eigenvalue weighted by Gasteiger charge is -2.24. The maximum atomic E-state index is 14.4. The molecule has 27 heavy (non-hydrogen) atoms. The van der Waals surface area contributed by atoms with Gasteiger partial charge in [0.25, 0.3) is 0 Å². The van der Waals surface area contributed by atoms with E-state index in [4.69, 9.17) is 9.84 Å². The number of likely N-dealkylation sites (tertiary alicyclic amines) is 1. The maximum absolute atomic E-state index is 14.4.